The van der Waals surface area contributed by atoms with Crippen molar-refractivity contribution in [2.24, 2.45) is 0 Å². The van der Waals surface area contributed by atoms with Crippen molar-refractivity contribution in [1.82, 2.24) is 0 Å². The molecule has 13 heavy (non-hydrogen) atoms. The summed E-state index contributed by atoms with van der Waals surface area (Å²) < 4.78 is 0.835. The average molecular weight is 213 g/mol. The van der Waals surface area contributed by atoms with Crippen molar-refractivity contribution in [2.45, 2.75) is 0 Å². The van der Waals surface area contributed by atoms with Crippen LogP contribution in [0, 0.1) is 0 Å². The largest absolute Gasteiger partial charge is 0.478 e. The maximum atomic E-state index is 10.8. The van der Waals surface area contributed by atoms with Crippen molar-refractivity contribution < 1.29 is 9.90 Å². The van der Waals surface area contributed by atoms with E-state index in [1.165, 1.54) is 11.3 Å². The van der Waals surface area contributed by atoms with Crippen LogP contribution in [-0.4, -0.2) is 11.1 Å². The smallest absolute Gasteiger partial charge is 0.337 e. The molecule has 0 saturated heterocycles. The van der Waals surface area contributed by atoms with Crippen LogP contribution in [0.15, 0.2) is 23.6 Å². The summed E-state index contributed by atoms with van der Waals surface area (Å²) in [6.07, 6.45) is 0. The fourth-order valence-electron chi connectivity index (χ4n) is 1.19. The third-order valence-electron chi connectivity index (χ3n) is 1.78. The molecule has 66 valence electrons. The Kier molecular flexibility index (Phi) is 1.98. The highest BCUT2D eigenvalue weighted by molar-refractivity contribution is 7.18. The van der Waals surface area contributed by atoms with E-state index >= 15 is 0 Å². The molecule has 0 atom stereocenters. The number of hydrogen-bond acceptors (Lipinski definition) is 2. The Labute approximate surface area is 83.4 Å². The third kappa shape index (κ3) is 1.30. The first-order valence-electron chi connectivity index (χ1n) is 3.59. The number of thiophene rings is 1. The summed E-state index contributed by atoms with van der Waals surface area (Å²) in [5.41, 5.74) is 0.322. The Hall–Kier alpha value is -1.06. The number of carboxylic acid groups (broad SMARTS) is 1. The van der Waals surface area contributed by atoms with Gasteiger partial charge >= 0.3 is 5.97 Å². The van der Waals surface area contributed by atoms with E-state index in [0.29, 0.717) is 16.0 Å². The van der Waals surface area contributed by atoms with Crippen LogP contribution in [0.1, 0.15) is 10.4 Å². The molecule has 0 saturated carbocycles. The molecule has 0 radical (unpaired) electrons. The van der Waals surface area contributed by atoms with Crippen molar-refractivity contribution in [2.75, 3.05) is 0 Å². The highest BCUT2D eigenvalue weighted by Crippen LogP contribution is 2.31. The van der Waals surface area contributed by atoms with E-state index in [0.717, 1.165) is 4.70 Å². The number of halogens is 1. The maximum Gasteiger partial charge on any atom is 0.337 e. The van der Waals surface area contributed by atoms with Gasteiger partial charge in [0.25, 0.3) is 0 Å². The average Bonchev–Trinajstić information content (AvgIpc) is 2.48. The second kappa shape index (κ2) is 3.01. The molecule has 2 nitrogen and oxygen atoms in total. The molecular formula is C9H5ClO2S. The van der Waals surface area contributed by atoms with Crippen molar-refractivity contribution in [3.05, 3.63) is 34.2 Å². The second-order valence-electron chi connectivity index (χ2n) is 2.57. The summed E-state index contributed by atoms with van der Waals surface area (Å²) in [7, 11) is 0. The number of fused-ring (bicyclic) bond motifs is 1. The molecule has 1 aromatic heterocycles. The Morgan fingerprint density at radius 1 is 1.46 bits per heavy atom. The van der Waals surface area contributed by atoms with Gasteiger partial charge in [0.05, 0.1) is 15.3 Å². The first kappa shape index (κ1) is 8.53. The molecule has 0 amide bonds. The van der Waals surface area contributed by atoms with Crippen LogP contribution in [0.2, 0.25) is 5.02 Å². The minimum Gasteiger partial charge on any atom is -0.478 e. The summed E-state index contributed by atoms with van der Waals surface area (Å²) >= 11 is 7.25. The molecule has 0 spiro atoms. The predicted molar refractivity (Wildman–Crippen MR) is 53.8 cm³/mol. The highest BCUT2D eigenvalue weighted by atomic mass is 35.5. The van der Waals surface area contributed by atoms with Crippen molar-refractivity contribution in [1.29, 1.82) is 0 Å². The van der Waals surface area contributed by atoms with E-state index in [1.807, 2.05) is 0 Å². The molecule has 0 bridgehead atoms. The third-order valence-corrected chi connectivity index (χ3v) is 3.24. The van der Waals surface area contributed by atoms with E-state index in [9.17, 15) is 4.79 Å². The van der Waals surface area contributed by atoms with Gasteiger partial charge in [-0.2, -0.15) is 0 Å². The van der Waals surface area contributed by atoms with E-state index < -0.39 is 5.97 Å². The molecule has 0 fully saturated rings. The zero-order valence-electron chi connectivity index (χ0n) is 6.45. The minimum atomic E-state index is -0.909. The number of rotatable bonds is 1. The topological polar surface area (TPSA) is 37.3 Å². The van der Waals surface area contributed by atoms with Gasteiger partial charge in [0.1, 0.15) is 0 Å². The van der Waals surface area contributed by atoms with Gasteiger partial charge in [-0.15, -0.1) is 11.3 Å². The maximum absolute atomic E-state index is 10.8. The Bertz CT molecular complexity index is 475. The van der Waals surface area contributed by atoms with Gasteiger partial charge in [0, 0.05) is 10.8 Å². The molecule has 2 rings (SSSR count). The van der Waals surface area contributed by atoms with Gasteiger partial charge < -0.3 is 5.11 Å². The lowest BCUT2D eigenvalue weighted by atomic mass is 10.2. The summed E-state index contributed by atoms with van der Waals surface area (Å²) in [6.45, 7) is 0. The number of carboxylic acids is 1. The van der Waals surface area contributed by atoms with Crippen molar-refractivity contribution >= 4 is 39.0 Å². The number of benzene rings is 1. The molecule has 1 N–H and O–H groups in total. The standard InChI is InChI=1S/C9H5ClO2S/c10-7-3-1-2-5-6(9(11)12)4-13-8(5)7/h1-4H,(H,11,12). The SMILES string of the molecule is O=C(O)c1csc2c(Cl)cccc12. The number of aromatic carboxylic acids is 1. The Morgan fingerprint density at radius 3 is 2.92 bits per heavy atom. The summed E-state index contributed by atoms with van der Waals surface area (Å²) in [5.74, 6) is -0.909. The van der Waals surface area contributed by atoms with Crippen LogP contribution in [0.5, 0.6) is 0 Å². The van der Waals surface area contributed by atoms with Crippen LogP contribution in [0.4, 0.5) is 0 Å². The van der Waals surface area contributed by atoms with Crippen LogP contribution >= 0.6 is 22.9 Å². The lowest BCUT2D eigenvalue weighted by Crippen LogP contribution is -1.92. The molecular weight excluding hydrogens is 208 g/mol. The minimum absolute atomic E-state index is 0.322. The zero-order valence-corrected chi connectivity index (χ0v) is 8.02. The monoisotopic (exact) mass is 212 g/mol. The molecule has 0 unspecified atom stereocenters. The summed E-state index contributed by atoms with van der Waals surface area (Å²) in [5, 5.41) is 11.8. The molecule has 0 aliphatic heterocycles. The fourth-order valence-corrected chi connectivity index (χ4v) is 2.44. The molecule has 4 heteroatoms. The van der Waals surface area contributed by atoms with Gasteiger partial charge in [-0.05, 0) is 6.07 Å². The van der Waals surface area contributed by atoms with Gasteiger partial charge in [-0.3, -0.25) is 0 Å². The van der Waals surface area contributed by atoms with Crippen molar-refractivity contribution in [3.63, 3.8) is 0 Å². The highest BCUT2D eigenvalue weighted by Gasteiger charge is 2.11. The first-order valence-corrected chi connectivity index (χ1v) is 4.85. The molecule has 1 heterocycles. The molecule has 0 aliphatic carbocycles. The normalized spacial score (nSPS) is 10.5. The van der Waals surface area contributed by atoms with E-state index in [4.69, 9.17) is 16.7 Å². The number of hydrogen-bond donors (Lipinski definition) is 1. The summed E-state index contributed by atoms with van der Waals surface area (Å²) in [6, 6.07) is 5.27. The van der Waals surface area contributed by atoms with E-state index in [-0.39, 0.29) is 0 Å². The van der Waals surface area contributed by atoms with Crippen LogP contribution in [-0.2, 0) is 0 Å². The quantitative estimate of drug-likeness (QED) is 0.788. The lowest BCUT2D eigenvalue weighted by molar-refractivity contribution is 0.0699. The van der Waals surface area contributed by atoms with Crippen LogP contribution in [0.25, 0.3) is 10.1 Å². The summed E-state index contributed by atoms with van der Waals surface area (Å²) in [4.78, 5) is 10.8. The predicted octanol–water partition coefficient (Wildman–Crippen LogP) is 3.25. The van der Waals surface area contributed by atoms with Crippen LogP contribution < -0.4 is 0 Å². The molecule has 1 aromatic carbocycles. The first-order chi connectivity index (χ1) is 6.20. The molecule has 2 aromatic rings. The van der Waals surface area contributed by atoms with Gasteiger partial charge in [0.15, 0.2) is 0 Å². The zero-order chi connectivity index (χ0) is 9.42. The van der Waals surface area contributed by atoms with Gasteiger partial charge in [-0.1, -0.05) is 23.7 Å². The van der Waals surface area contributed by atoms with Crippen molar-refractivity contribution in [3.8, 4) is 0 Å². The van der Waals surface area contributed by atoms with Crippen LogP contribution in [0.3, 0.4) is 0 Å². The van der Waals surface area contributed by atoms with Gasteiger partial charge in [0.2, 0.25) is 0 Å². The Balaban J connectivity index is 2.83. The lowest BCUT2D eigenvalue weighted by Gasteiger charge is -1.93. The Morgan fingerprint density at radius 2 is 2.23 bits per heavy atom. The second-order valence-corrected chi connectivity index (χ2v) is 3.86. The van der Waals surface area contributed by atoms with E-state index in [1.54, 1.807) is 23.6 Å². The number of carbonyl (C=O) groups is 1. The molecule has 0 aliphatic rings. The van der Waals surface area contributed by atoms with E-state index in [2.05, 4.69) is 0 Å². The fraction of sp³-hybridized carbons (Fsp3) is 0. The van der Waals surface area contributed by atoms with Gasteiger partial charge in [-0.25, -0.2) is 4.79 Å².